The largest absolute Gasteiger partial charge is 0.350 e. The van der Waals surface area contributed by atoms with Gasteiger partial charge in [-0.3, -0.25) is 9.59 Å². The van der Waals surface area contributed by atoms with E-state index in [1.54, 1.807) is 4.90 Å². The standard InChI is InChI=1S/C19H26N2O2/c1-16(22)21(13-12-17-8-4-2-5-9-17)15-19(23)20-14-18-10-6-3-7-11-18/h3,6-8,10-11H,2,4-5,9,12-15H2,1H3,(H,20,23). The summed E-state index contributed by atoms with van der Waals surface area (Å²) < 4.78 is 0. The lowest BCUT2D eigenvalue weighted by Gasteiger charge is -2.22. The monoisotopic (exact) mass is 314 g/mol. The van der Waals surface area contributed by atoms with E-state index in [1.807, 2.05) is 30.3 Å². The molecule has 1 aromatic rings. The molecule has 1 aromatic carbocycles. The number of hydrogen-bond acceptors (Lipinski definition) is 2. The Bertz CT molecular complexity index is 552. The minimum Gasteiger partial charge on any atom is -0.350 e. The summed E-state index contributed by atoms with van der Waals surface area (Å²) in [5.74, 6) is -0.155. The van der Waals surface area contributed by atoms with Gasteiger partial charge in [0.25, 0.3) is 0 Å². The Morgan fingerprint density at radius 3 is 2.61 bits per heavy atom. The van der Waals surface area contributed by atoms with Gasteiger partial charge >= 0.3 is 0 Å². The fraction of sp³-hybridized carbons (Fsp3) is 0.474. The van der Waals surface area contributed by atoms with Crippen molar-refractivity contribution >= 4 is 11.8 Å². The number of nitrogens with one attached hydrogen (secondary N) is 1. The van der Waals surface area contributed by atoms with Gasteiger partial charge in [0.2, 0.25) is 11.8 Å². The van der Waals surface area contributed by atoms with E-state index < -0.39 is 0 Å². The molecule has 124 valence electrons. The lowest BCUT2D eigenvalue weighted by molar-refractivity contribution is -0.134. The van der Waals surface area contributed by atoms with E-state index in [9.17, 15) is 9.59 Å². The zero-order chi connectivity index (χ0) is 16.5. The molecule has 23 heavy (non-hydrogen) atoms. The van der Waals surface area contributed by atoms with E-state index in [0.717, 1.165) is 24.8 Å². The molecule has 1 aliphatic rings. The fourth-order valence-electron chi connectivity index (χ4n) is 2.78. The lowest BCUT2D eigenvalue weighted by atomic mass is 9.97. The number of rotatable bonds is 7. The van der Waals surface area contributed by atoms with Gasteiger partial charge in [-0.15, -0.1) is 0 Å². The molecule has 0 saturated heterocycles. The summed E-state index contributed by atoms with van der Waals surface area (Å²) in [5.41, 5.74) is 2.48. The van der Waals surface area contributed by atoms with Gasteiger partial charge in [0.05, 0.1) is 6.54 Å². The van der Waals surface area contributed by atoms with Crippen LogP contribution < -0.4 is 5.32 Å². The summed E-state index contributed by atoms with van der Waals surface area (Å²) >= 11 is 0. The number of amides is 2. The van der Waals surface area contributed by atoms with Crippen molar-refractivity contribution in [3.8, 4) is 0 Å². The first-order chi connectivity index (χ1) is 11.1. The van der Waals surface area contributed by atoms with Gasteiger partial charge in [-0.05, 0) is 37.7 Å². The van der Waals surface area contributed by atoms with Gasteiger partial charge < -0.3 is 10.2 Å². The molecule has 0 bridgehead atoms. The number of benzene rings is 1. The molecule has 0 unspecified atom stereocenters. The zero-order valence-electron chi connectivity index (χ0n) is 13.9. The number of allylic oxidation sites excluding steroid dienone is 1. The third kappa shape index (κ3) is 6.27. The minimum absolute atomic E-state index is 0.0451. The SMILES string of the molecule is CC(=O)N(CCC1=CCCCC1)CC(=O)NCc1ccccc1. The summed E-state index contributed by atoms with van der Waals surface area (Å²) in [7, 11) is 0. The van der Waals surface area contributed by atoms with Crippen molar-refractivity contribution in [3.05, 3.63) is 47.5 Å². The van der Waals surface area contributed by atoms with Crippen molar-refractivity contribution in [2.24, 2.45) is 0 Å². The Hall–Kier alpha value is -2.10. The number of nitrogens with zero attached hydrogens (tertiary/aromatic N) is 1. The molecule has 0 heterocycles. The van der Waals surface area contributed by atoms with Crippen LogP contribution in [0.5, 0.6) is 0 Å². The van der Waals surface area contributed by atoms with Gasteiger partial charge in [-0.2, -0.15) is 0 Å². The maximum absolute atomic E-state index is 12.1. The molecule has 0 fully saturated rings. The number of carbonyl (C=O) groups is 2. The van der Waals surface area contributed by atoms with Crippen LogP contribution in [-0.2, 0) is 16.1 Å². The highest BCUT2D eigenvalue weighted by Gasteiger charge is 2.14. The van der Waals surface area contributed by atoms with Gasteiger partial charge in [0.1, 0.15) is 0 Å². The summed E-state index contributed by atoms with van der Waals surface area (Å²) in [4.78, 5) is 25.5. The Morgan fingerprint density at radius 1 is 1.17 bits per heavy atom. The van der Waals surface area contributed by atoms with Crippen LogP contribution in [0.1, 0.15) is 44.6 Å². The van der Waals surface area contributed by atoms with Crippen molar-refractivity contribution < 1.29 is 9.59 Å². The van der Waals surface area contributed by atoms with E-state index in [4.69, 9.17) is 0 Å². The second-order valence-electron chi connectivity index (χ2n) is 6.06. The Labute approximate surface area is 138 Å². The van der Waals surface area contributed by atoms with E-state index in [-0.39, 0.29) is 18.4 Å². The van der Waals surface area contributed by atoms with Crippen LogP contribution in [0.4, 0.5) is 0 Å². The predicted octanol–water partition coefficient (Wildman–Crippen LogP) is 3.04. The van der Waals surface area contributed by atoms with Crippen molar-refractivity contribution in [1.82, 2.24) is 10.2 Å². The molecule has 0 saturated carbocycles. The summed E-state index contributed by atoms with van der Waals surface area (Å²) in [6, 6.07) is 9.78. The molecular weight excluding hydrogens is 288 g/mol. The second kappa shape index (κ2) is 9.13. The molecule has 4 nitrogen and oxygen atoms in total. The first-order valence-electron chi connectivity index (χ1n) is 8.39. The van der Waals surface area contributed by atoms with Gasteiger partial charge in [-0.25, -0.2) is 0 Å². The predicted molar refractivity (Wildman–Crippen MR) is 91.7 cm³/mol. The summed E-state index contributed by atoms with van der Waals surface area (Å²) in [6.07, 6.45) is 7.95. The van der Waals surface area contributed by atoms with Gasteiger partial charge in [0.15, 0.2) is 0 Å². The summed E-state index contributed by atoms with van der Waals surface area (Å²) in [5, 5.41) is 2.87. The van der Waals surface area contributed by atoms with Gasteiger partial charge in [-0.1, -0.05) is 42.0 Å². The van der Waals surface area contributed by atoms with Crippen LogP contribution in [0, 0.1) is 0 Å². The number of hydrogen-bond donors (Lipinski definition) is 1. The Balaban J connectivity index is 1.77. The van der Waals surface area contributed by atoms with Crippen LogP contribution in [0.2, 0.25) is 0 Å². The average Bonchev–Trinajstić information content (AvgIpc) is 2.58. The molecule has 0 atom stereocenters. The molecule has 1 N–H and O–H groups in total. The quantitative estimate of drug-likeness (QED) is 0.786. The molecule has 4 heteroatoms. The third-order valence-electron chi connectivity index (χ3n) is 4.20. The molecular formula is C19H26N2O2. The fourth-order valence-corrected chi connectivity index (χ4v) is 2.78. The van der Waals surface area contributed by atoms with E-state index >= 15 is 0 Å². The highest BCUT2D eigenvalue weighted by atomic mass is 16.2. The van der Waals surface area contributed by atoms with E-state index in [0.29, 0.717) is 13.1 Å². The smallest absolute Gasteiger partial charge is 0.239 e. The molecule has 0 spiro atoms. The van der Waals surface area contributed by atoms with Crippen LogP contribution >= 0.6 is 0 Å². The Morgan fingerprint density at radius 2 is 1.96 bits per heavy atom. The molecule has 0 radical (unpaired) electrons. The van der Waals surface area contributed by atoms with Crippen molar-refractivity contribution in [2.45, 2.75) is 45.6 Å². The van der Waals surface area contributed by atoms with Crippen LogP contribution in [0.25, 0.3) is 0 Å². The highest BCUT2D eigenvalue weighted by molar-refractivity contribution is 5.83. The summed E-state index contributed by atoms with van der Waals surface area (Å²) in [6.45, 7) is 2.78. The van der Waals surface area contributed by atoms with E-state index in [1.165, 1.54) is 25.3 Å². The number of carbonyl (C=O) groups excluding carboxylic acids is 2. The molecule has 0 aliphatic heterocycles. The average molecular weight is 314 g/mol. The minimum atomic E-state index is -0.110. The van der Waals surface area contributed by atoms with Crippen LogP contribution in [0.3, 0.4) is 0 Å². The maximum atomic E-state index is 12.1. The van der Waals surface area contributed by atoms with Crippen molar-refractivity contribution in [3.63, 3.8) is 0 Å². The highest BCUT2D eigenvalue weighted by Crippen LogP contribution is 2.20. The lowest BCUT2D eigenvalue weighted by Crippen LogP contribution is -2.40. The Kier molecular flexibility index (Phi) is 6.85. The second-order valence-corrected chi connectivity index (χ2v) is 6.06. The first-order valence-corrected chi connectivity index (χ1v) is 8.39. The molecule has 1 aliphatic carbocycles. The normalized spacial score (nSPS) is 14.0. The van der Waals surface area contributed by atoms with Crippen LogP contribution in [0.15, 0.2) is 42.0 Å². The molecule has 2 rings (SSSR count). The van der Waals surface area contributed by atoms with Crippen molar-refractivity contribution in [1.29, 1.82) is 0 Å². The first kappa shape index (κ1) is 17.3. The topological polar surface area (TPSA) is 49.4 Å². The van der Waals surface area contributed by atoms with Gasteiger partial charge in [0, 0.05) is 20.0 Å². The third-order valence-corrected chi connectivity index (χ3v) is 4.20. The van der Waals surface area contributed by atoms with Crippen molar-refractivity contribution in [2.75, 3.05) is 13.1 Å². The zero-order valence-corrected chi connectivity index (χ0v) is 13.9. The maximum Gasteiger partial charge on any atom is 0.239 e. The molecule has 2 amide bonds. The van der Waals surface area contributed by atoms with E-state index in [2.05, 4.69) is 11.4 Å². The van der Waals surface area contributed by atoms with Crippen LogP contribution in [-0.4, -0.2) is 29.8 Å². The molecule has 0 aromatic heterocycles.